The number of piperidine rings is 1. The molecule has 1 saturated heterocycles. The first-order valence-corrected chi connectivity index (χ1v) is 9.68. The van der Waals surface area contributed by atoms with E-state index in [4.69, 9.17) is 15.2 Å². The molecular formula is C21H27N5O2. The van der Waals surface area contributed by atoms with Crippen molar-refractivity contribution in [3.05, 3.63) is 36.8 Å². The first-order chi connectivity index (χ1) is 13.7. The van der Waals surface area contributed by atoms with Crippen LogP contribution in [-0.4, -0.2) is 59.9 Å². The Kier molecular flexibility index (Phi) is 5.45. The van der Waals surface area contributed by atoms with E-state index in [-0.39, 0.29) is 0 Å². The SMILES string of the molecule is COCCN1CCC(n2cc(-c3cccc(OC)c3)c3c(N)ncnc32)CC1. The largest absolute Gasteiger partial charge is 0.497 e. The standard InChI is InChI=1S/C21H27N5O2/c1-27-11-10-25-8-6-16(7-9-25)26-13-18(15-4-3-5-17(12-15)28-2)19-20(22)23-14-24-21(19)26/h3-5,12-14,16H,6-11H2,1-2H3,(H2,22,23,24). The Hall–Kier alpha value is -2.64. The molecule has 0 amide bonds. The Bertz CT molecular complexity index is 947. The van der Waals surface area contributed by atoms with Gasteiger partial charge < -0.3 is 24.7 Å². The maximum absolute atomic E-state index is 6.27. The van der Waals surface area contributed by atoms with Crippen LogP contribution >= 0.6 is 0 Å². The van der Waals surface area contributed by atoms with E-state index in [9.17, 15) is 0 Å². The second-order valence-corrected chi connectivity index (χ2v) is 7.21. The van der Waals surface area contributed by atoms with E-state index in [1.807, 2.05) is 18.2 Å². The molecule has 1 aromatic carbocycles. The molecule has 2 N–H and O–H groups in total. The number of nitrogens with zero attached hydrogens (tertiary/aromatic N) is 4. The van der Waals surface area contributed by atoms with Crippen LogP contribution in [0.5, 0.6) is 5.75 Å². The van der Waals surface area contributed by atoms with E-state index in [1.54, 1.807) is 20.5 Å². The number of ether oxygens (including phenoxy) is 2. The summed E-state index contributed by atoms with van der Waals surface area (Å²) in [6, 6.07) is 8.43. The highest BCUT2D eigenvalue weighted by Crippen LogP contribution is 2.37. The third-order valence-corrected chi connectivity index (χ3v) is 5.58. The van der Waals surface area contributed by atoms with Crippen molar-refractivity contribution in [2.75, 3.05) is 46.2 Å². The Balaban J connectivity index is 1.70. The zero-order valence-electron chi connectivity index (χ0n) is 16.5. The number of rotatable bonds is 6. The van der Waals surface area contributed by atoms with E-state index in [0.29, 0.717) is 11.9 Å². The summed E-state index contributed by atoms with van der Waals surface area (Å²) < 4.78 is 12.9. The Morgan fingerprint density at radius 2 is 2.00 bits per heavy atom. The molecule has 0 saturated carbocycles. The molecule has 0 radical (unpaired) electrons. The average Bonchev–Trinajstić information content (AvgIpc) is 3.14. The van der Waals surface area contributed by atoms with Gasteiger partial charge in [0.15, 0.2) is 0 Å². The molecule has 0 aliphatic carbocycles. The van der Waals surface area contributed by atoms with Crippen LogP contribution in [0.1, 0.15) is 18.9 Å². The Morgan fingerprint density at radius 3 is 2.75 bits per heavy atom. The van der Waals surface area contributed by atoms with Gasteiger partial charge in [0.25, 0.3) is 0 Å². The van der Waals surface area contributed by atoms with Crippen LogP contribution in [0.3, 0.4) is 0 Å². The van der Waals surface area contributed by atoms with Gasteiger partial charge in [-0.1, -0.05) is 12.1 Å². The fourth-order valence-corrected chi connectivity index (χ4v) is 4.04. The fraction of sp³-hybridized carbons (Fsp3) is 0.429. The van der Waals surface area contributed by atoms with E-state index >= 15 is 0 Å². The van der Waals surface area contributed by atoms with Crippen molar-refractivity contribution in [1.82, 2.24) is 19.4 Å². The Labute approximate surface area is 165 Å². The van der Waals surface area contributed by atoms with Crippen molar-refractivity contribution in [3.8, 4) is 16.9 Å². The van der Waals surface area contributed by atoms with Crippen molar-refractivity contribution < 1.29 is 9.47 Å². The molecule has 0 atom stereocenters. The zero-order chi connectivity index (χ0) is 19.5. The van der Waals surface area contributed by atoms with Gasteiger partial charge in [-0.15, -0.1) is 0 Å². The lowest BCUT2D eigenvalue weighted by Gasteiger charge is -2.32. The predicted molar refractivity (Wildman–Crippen MR) is 111 cm³/mol. The summed E-state index contributed by atoms with van der Waals surface area (Å²) in [4.78, 5) is 11.3. The summed E-state index contributed by atoms with van der Waals surface area (Å²) in [5, 5.41) is 0.914. The molecule has 3 aromatic rings. The van der Waals surface area contributed by atoms with Crippen molar-refractivity contribution >= 4 is 16.9 Å². The van der Waals surface area contributed by atoms with Gasteiger partial charge in [0, 0.05) is 44.5 Å². The van der Waals surface area contributed by atoms with Gasteiger partial charge in [-0.05, 0) is 30.5 Å². The molecule has 148 valence electrons. The van der Waals surface area contributed by atoms with Crippen LogP contribution in [-0.2, 0) is 4.74 Å². The average molecular weight is 381 g/mol. The summed E-state index contributed by atoms with van der Waals surface area (Å²) in [5.41, 5.74) is 9.28. The number of benzene rings is 1. The van der Waals surface area contributed by atoms with E-state index < -0.39 is 0 Å². The predicted octanol–water partition coefficient (Wildman–Crippen LogP) is 2.97. The van der Waals surface area contributed by atoms with Gasteiger partial charge in [0.05, 0.1) is 19.1 Å². The maximum Gasteiger partial charge on any atom is 0.146 e. The molecule has 4 rings (SSSR count). The molecule has 0 bridgehead atoms. The monoisotopic (exact) mass is 381 g/mol. The number of hydrogen-bond acceptors (Lipinski definition) is 6. The molecule has 7 nitrogen and oxygen atoms in total. The van der Waals surface area contributed by atoms with Crippen LogP contribution in [0.2, 0.25) is 0 Å². The number of fused-ring (bicyclic) bond motifs is 1. The van der Waals surface area contributed by atoms with Crippen LogP contribution in [0.25, 0.3) is 22.2 Å². The minimum atomic E-state index is 0.398. The van der Waals surface area contributed by atoms with Crippen LogP contribution in [0.4, 0.5) is 5.82 Å². The number of anilines is 1. The van der Waals surface area contributed by atoms with E-state index in [0.717, 1.165) is 67.0 Å². The first kappa shape index (κ1) is 18.7. The smallest absolute Gasteiger partial charge is 0.146 e. The molecule has 0 spiro atoms. The Morgan fingerprint density at radius 1 is 1.18 bits per heavy atom. The quantitative estimate of drug-likeness (QED) is 0.707. The number of aromatic nitrogens is 3. The van der Waals surface area contributed by atoms with Gasteiger partial charge in [0.1, 0.15) is 23.5 Å². The maximum atomic E-state index is 6.27. The number of hydrogen-bond donors (Lipinski definition) is 1. The summed E-state index contributed by atoms with van der Waals surface area (Å²) in [7, 11) is 3.43. The second-order valence-electron chi connectivity index (χ2n) is 7.21. The lowest BCUT2D eigenvalue weighted by molar-refractivity contribution is 0.122. The van der Waals surface area contributed by atoms with Crippen LogP contribution in [0, 0.1) is 0 Å². The molecule has 2 aromatic heterocycles. The summed E-state index contributed by atoms with van der Waals surface area (Å²) >= 11 is 0. The first-order valence-electron chi connectivity index (χ1n) is 9.68. The molecule has 3 heterocycles. The van der Waals surface area contributed by atoms with Crippen molar-refractivity contribution in [2.24, 2.45) is 0 Å². The number of likely N-dealkylation sites (tertiary alicyclic amines) is 1. The minimum absolute atomic E-state index is 0.398. The van der Waals surface area contributed by atoms with Crippen LogP contribution < -0.4 is 10.5 Å². The highest BCUT2D eigenvalue weighted by Gasteiger charge is 2.24. The van der Waals surface area contributed by atoms with Gasteiger partial charge in [-0.2, -0.15) is 0 Å². The van der Waals surface area contributed by atoms with Gasteiger partial charge >= 0.3 is 0 Å². The fourth-order valence-electron chi connectivity index (χ4n) is 4.04. The van der Waals surface area contributed by atoms with E-state index in [2.05, 4.69) is 31.7 Å². The zero-order valence-corrected chi connectivity index (χ0v) is 16.5. The molecule has 0 unspecified atom stereocenters. The number of methoxy groups -OCH3 is 2. The molecular weight excluding hydrogens is 354 g/mol. The normalized spacial score (nSPS) is 15.9. The molecule has 1 aliphatic heterocycles. The van der Waals surface area contributed by atoms with Crippen molar-refractivity contribution in [2.45, 2.75) is 18.9 Å². The van der Waals surface area contributed by atoms with Crippen LogP contribution in [0.15, 0.2) is 36.8 Å². The highest BCUT2D eigenvalue weighted by atomic mass is 16.5. The molecule has 1 aliphatic rings. The molecule has 28 heavy (non-hydrogen) atoms. The minimum Gasteiger partial charge on any atom is -0.497 e. The van der Waals surface area contributed by atoms with Gasteiger partial charge in [-0.3, -0.25) is 0 Å². The van der Waals surface area contributed by atoms with Gasteiger partial charge in [-0.25, -0.2) is 9.97 Å². The summed E-state index contributed by atoms with van der Waals surface area (Å²) in [6.07, 6.45) is 5.89. The van der Waals surface area contributed by atoms with E-state index in [1.165, 1.54) is 0 Å². The lowest BCUT2D eigenvalue weighted by Crippen LogP contribution is -2.36. The van der Waals surface area contributed by atoms with Crippen molar-refractivity contribution in [3.63, 3.8) is 0 Å². The molecule has 1 fully saturated rings. The topological polar surface area (TPSA) is 78.4 Å². The number of nitrogens with two attached hydrogens (primary N) is 1. The third-order valence-electron chi connectivity index (χ3n) is 5.58. The second kappa shape index (κ2) is 8.16. The molecule has 7 heteroatoms. The lowest BCUT2D eigenvalue weighted by atomic mass is 10.0. The number of nitrogen functional groups attached to an aromatic ring is 1. The third kappa shape index (κ3) is 3.55. The summed E-state index contributed by atoms with van der Waals surface area (Å²) in [5.74, 6) is 1.33. The summed E-state index contributed by atoms with van der Waals surface area (Å²) in [6.45, 7) is 3.88. The highest BCUT2D eigenvalue weighted by molar-refractivity contribution is 6.00. The van der Waals surface area contributed by atoms with Crippen molar-refractivity contribution in [1.29, 1.82) is 0 Å². The van der Waals surface area contributed by atoms with Gasteiger partial charge in [0.2, 0.25) is 0 Å².